The molecule has 1 rings (SSSR count). The van der Waals surface area contributed by atoms with E-state index in [1.54, 1.807) is 12.1 Å². The van der Waals surface area contributed by atoms with Crippen LogP contribution in [0.3, 0.4) is 0 Å². The molecule has 0 fully saturated rings. The molecule has 3 nitrogen and oxygen atoms in total. The Balaban J connectivity index is 2.66. The molecule has 0 aliphatic carbocycles. The second kappa shape index (κ2) is 5.20. The molecule has 0 bridgehead atoms. The fraction of sp³-hybridized carbons (Fsp3) is 0.250. The van der Waals surface area contributed by atoms with Crippen LogP contribution >= 0.6 is 0 Å². The van der Waals surface area contributed by atoms with E-state index < -0.39 is 5.97 Å². The van der Waals surface area contributed by atoms with Crippen molar-refractivity contribution >= 4 is 5.97 Å². The third kappa shape index (κ3) is 3.13. The molecule has 0 heterocycles. The molecule has 0 aliphatic heterocycles. The van der Waals surface area contributed by atoms with Crippen molar-refractivity contribution in [3.63, 3.8) is 0 Å². The fourth-order valence-electron chi connectivity index (χ4n) is 0.987. The number of phenols is 1. The molecule has 0 spiro atoms. The molecular formula is C12H14O3. The average Bonchev–Trinajstić information content (AvgIpc) is 2.26. The zero-order valence-corrected chi connectivity index (χ0v) is 8.86. The van der Waals surface area contributed by atoms with Gasteiger partial charge in [0.1, 0.15) is 17.9 Å². The maximum atomic E-state index is 11.5. The van der Waals surface area contributed by atoms with Crippen LogP contribution in [0.4, 0.5) is 0 Å². The molecule has 0 saturated carbocycles. The van der Waals surface area contributed by atoms with Gasteiger partial charge in [-0.05, 0) is 31.6 Å². The van der Waals surface area contributed by atoms with E-state index in [-0.39, 0.29) is 17.9 Å². The van der Waals surface area contributed by atoms with Gasteiger partial charge in [0, 0.05) is 0 Å². The third-order valence-corrected chi connectivity index (χ3v) is 2.05. The molecule has 1 aromatic rings. The van der Waals surface area contributed by atoms with E-state index in [9.17, 15) is 9.90 Å². The van der Waals surface area contributed by atoms with Crippen molar-refractivity contribution in [2.45, 2.75) is 13.8 Å². The van der Waals surface area contributed by atoms with Crippen molar-refractivity contribution in [1.82, 2.24) is 0 Å². The number of esters is 1. The average molecular weight is 206 g/mol. The summed E-state index contributed by atoms with van der Waals surface area (Å²) in [5.41, 5.74) is 1.17. The van der Waals surface area contributed by atoms with Gasteiger partial charge in [-0.1, -0.05) is 18.2 Å². The van der Waals surface area contributed by atoms with Crippen LogP contribution in [0.25, 0.3) is 0 Å². The van der Waals surface area contributed by atoms with E-state index in [0.29, 0.717) is 0 Å². The smallest absolute Gasteiger partial charge is 0.342 e. The zero-order chi connectivity index (χ0) is 11.3. The number of hydrogen-bond donors (Lipinski definition) is 1. The van der Waals surface area contributed by atoms with Crippen molar-refractivity contribution in [2.24, 2.45) is 0 Å². The molecule has 15 heavy (non-hydrogen) atoms. The highest BCUT2D eigenvalue weighted by atomic mass is 16.5. The minimum atomic E-state index is -0.505. The first kappa shape index (κ1) is 11.3. The Morgan fingerprint density at radius 1 is 1.47 bits per heavy atom. The van der Waals surface area contributed by atoms with Crippen molar-refractivity contribution in [2.75, 3.05) is 6.61 Å². The number of hydrogen-bond acceptors (Lipinski definition) is 3. The molecule has 3 heteroatoms. The predicted octanol–water partition coefficient (Wildman–Crippen LogP) is 2.52. The van der Waals surface area contributed by atoms with Gasteiger partial charge in [-0.15, -0.1) is 0 Å². The van der Waals surface area contributed by atoms with Gasteiger partial charge in [0.25, 0.3) is 0 Å². The number of rotatable bonds is 3. The van der Waals surface area contributed by atoms with Gasteiger partial charge in [-0.25, -0.2) is 4.79 Å². The summed E-state index contributed by atoms with van der Waals surface area (Å²) in [5.74, 6) is -0.560. The number of para-hydroxylation sites is 1. The van der Waals surface area contributed by atoms with Crippen LogP contribution in [0.2, 0.25) is 0 Å². The van der Waals surface area contributed by atoms with Crippen molar-refractivity contribution < 1.29 is 14.6 Å². The van der Waals surface area contributed by atoms with E-state index in [1.807, 2.05) is 19.9 Å². The quantitative estimate of drug-likeness (QED) is 0.610. The van der Waals surface area contributed by atoms with Gasteiger partial charge in [0.15, 0.2) is 0 Å². The van der Waals surface area contributed by atoms with E-state index in [2.05, 4.69) is 0 Å². The van der Waals surface area contributed by atoms with Crippen LogP contribution in [0.5, 0.6) is 5.75 Å². The number of ether oxygens (including phenoxy) is 1. The number of carbonyl (C=O) groups is 1. The van der Waals surface area contributed by atoms with E-state index in [1.165, 1.54) is 12.1 Å². The summed E-state index contributed by atoms with van der Waals surface area (Å²) in [6.45, 7) is 4.00. The standard InChI is InChI=1S/C12H14O3/c1-3-9(2)8-15-12(14)10-6-4-5-7-11(10)13/h3-7,13H,8H2,1-2H3. The van der Waals surface area contributed by atoms with E-state index in [4.69, 9.17) is 4.74 Å². The highest BCUT2D eigenvalue weighted by Gasteiger charge is 2.11. The third-order valence-electron chi connectivity index (χ3n) is 2.05. The predicted molar refractivity (Wildman–Crippen MR) is 57.8 cm³/mol. The maximum Gasteiger partial charge on any atom is 0.342 e. The number of allylic oxidation sites excluding steroid dienone is 1. The lowest BCUT2D eigenvalue weighted by atomic mass is 10.2. The highest BCUT2D eigenvalue weighted by Crippen LogP contribution is 2.16. The number of aromatic hydroxyl groups is 1. The highest BCUT2D eigenvalue weighted by molar-refractivity contribution is 5.92. The summed E-state index contributed by atoms with van der Waals surface area (Å²) in [6.07, 6.45) is 1.87. The van der Waals surface area contributed by atoms with E-state index >= 15 is 0 Å². The van der Waals surface area contributed by atoms with Crippen molar-refractivity contribution in [1.29, 1.82) is 0 Å². The summed E-state index contributed by atoms with van der Waals surface area (Å²) < 4.78 is 4.99. The lowest BCUT2D eigenvalue weighted by Gasteiger charge is -2.05. The minimum Gasteiger partial charge on any atom is -0.507 e. The van der Waals surface area contributed by atoms with Crippen molar-refractivity contribution in [3.05, 3.63) is 41.5 Å². The summed E-state index contributed by atoms with van der Waals surface area (Å²) in [4.78, 5) is 11.5. The SMILES string of the molecule is CC=C(C)COC(=O)c1ccccc1O. The monoisotopic (exact) mass is 206 g/mol. The number of carbonyl (C=O) groups excluding carboxylic acids is 1. The number of phenolic OH excluding ortho intramolecular Hbond substituents is 1. The summed E-state index contributed by atoms with van der Waals surface area (Å²) >= 11 is 0. The Kier molecular flexibility index (Phi) is 3.92. The maximum absolute atomic E-state index is 11.5. The van der Waals surface area contributed by atoms with Crippen molar-refractivity contribution in [3.8, 4) is 5.75 Å². The molecule has 0 atom stereocenters. The first-order valence-corrected chi connectivity index (χ1v) is 4.72. The summed E-state index contributed by atoms with van der Waals surface area (Å²) in [5, 5.41) is 9.39. The molecule has 80 valence electrons. The zero-order valence-electron chi connectivity index (χ0n) is 8.86. The van der Waals surface area contributed by atoms with E-state index in [0.717, 1.165) is 5.57 Å². The largest absolute Gasteiger partial charge is 0.507 e. The van der Waals surface area contributed by atoms with Crippen LogP contribution in [-0.4, -0.2) is 17.7 Å². The van der Waals surface area contributed by atoms with Crippen LogP contribution in [0.15, 0.2) is 35.9 Å². The van der Waals surface area contributed by atoms with Crippen LogP contribution in [-0.2, 0) is 4.74 Å². The molecule has 1 N–H and O–H groups in total. The van der Waals surface area contributed by atoms with Gasteiger partial charge in [-0.2, -0.15) is 0 Å². The number of benzene rings is 1. The normalized spacial score (nSPS) is 11.2. The molecule has 0 unspecified atom stereocenters. The fourth-order valence-corrected chi connectivity index (χ4v) is 0.987. The topological polar surface area (TPSA) is 46.5 Å². The van der Waals surface area contributed by atoms with Gasteiger partial charge >= 0.3 is 5.97 Å². The van der Waals surface area contributed by atoms with Crippen LogP contribution in [0.1, 0.15) is 24.2 Å². The lowest BCUT2D eigenvalue weighted by molar-refractivity contribution is 0.0536. The van der Waals surface area contributed by atoms with Gasteiger partial charge < -0.3 is 9.84 Å². The molecule has 0 radical (unpaired) electrons. The molecule has 0 amide bonds. The van der Waals surface area contributed by atoms with Gasteiger partial charge in [0.05, 0.1) is 0 Å². The molecule has 0 aromatic heterocycles. The molecular weight excluding hydrogens is 192 g/mol. The van der Waals surface area contributed by atoms with Crippen LogP contribution < -0.4 is 0 Å². The summed E-state index contributed by atoms with van der Waals surface area (Å²) in [7, 11) is 0. The first-order valence-electron chi connectivity index (χ1n) is 4.72. The van der Waals surface area contributed by atoms with Gasteiger partial charge in [0.2, 0.25) is 0 Å². The molecule has 0 aliphatic rings. The second-order valence-corrected chi connectivity index (χ2v) is 3.23. The van der Waals surface area contributed by atoms with Crippen LogP contribution in [0, 0.1) is 0 Å². The lowest BCUT2D eigenvalue weighted by Crippen LogP contribution is -2.07. The Bertz CT molecular complexity index is 380. The Hall–Kier alpha value is -1.77. The second-order valence-electron chi connectivity index (χ2n) is 3.23. The van der Waals surface area contributed by atoms with Gasteiger partial charge in [-0.3, -0.25) is 0 Å². The minimum absolute atomic E-state index is 0.0550. The molecule has 1 aromatic carbocycles. The summed E-state index contributed by atoms with van der Waals surface area (Å²) in [6, 6.07) is 6.32. The first-order chi connectivity index (χ1) is 7.15. The molecule has 0 saturated heterocycles. The Labute approximate surface area is 89.0 Å². The Morgan fingerprint density at radius 2 is 2.13 bits per heavy atom. The Morgan fingerprint density at radius 3 is 2.73 bits per heavy atom.